The molecule has 0 aliphatic carbocycles. The number of nitrogens with two attached hydrogens (primary N) is 1. The zero-order valence-corrected chi connectivity index (χ0v) is 18.9. The van der Waals surface area contributed by atoms with E-state index in [1.54, 1.807) is 24.7 Å². The highest BCUT2D eigenvalue weighted by atomic mass is 16.2. The summed E-state index contributed by atoms with van der Waals surface area (Å²) in [5.41, 5.74) is 10.7. The monoisotopic (exact) mass is 429 g/mol. The number of nitrogens with zero attached hydrogens (tertiary/aromatic N) is 6. The average Bonchev–Trinajstić information content (AvgIpc) is 2.79. The minimum absolute atomic E-state index is 0.0123. The fraction of sp³-hybridized carbons (Fsp3) is 0.375. The van der Waals surface area contributed by atoms with E-state index in [4.69, 9.17) is 5.73 Å². The van der Waals surface area contributed by atoms with E-state index < -0.39 is 0 Å². The summed E-state index contributed by atoms with van der Waals surface area (Å²) >= 11 is 0. The van der Waals surface area contributed by atoms with E-state index in [-0.39, 0.29) is 5.91 Å². The maximum atomic E-state index is 13.0. The van der Waals surface area contributed by atoms with Gasteiger partial charge in [0.15, 0.2) is 0 Å². The van der Waals surface area contributed by atoms with Crippen LogP contribution in [0.1, 0.15) is 45.7 Å². The zero-order chi connectivity index (χ0) is 22.8. The Hall–Kier alpha value is -3.57. The van der Waals surface area contributed by atoms with Crippen LogP contribution >= 0.6 is 0 Å². The Morgan fingerprint density at radius 2 is 1.81 bits per heavy atom. The lowest BCUT2D eigenvalue weighted by Gasteiger charge is -2.35. The van der Waals surface area contributed by atoms with Gasteiger partial charge >= 0.3 is 0 Å². The van der Waals surface area contributed by atoms with Crippen molar-refractivity contribution in [3.8, 4) is 11.8 Å². The fourth-order valence-electron chi connectivity index (χ4n) is 3.86. The number of aromatic nitrogens is 4. The number of fused-ring (bicyclic) bond motifs is 1. The molecule has 1 fully saturated rings. The minimum Gasteiger partial charge on any atom is -0.383 e. The molecular formula is C24H27N7O. The van der Waals surface area contributed by atoms with Crippen LogP contribution in [0.25, 0.3) is 11.0 Å². The first kappa shape index (κ1) is 21.7. The summed E-state index contributed by atoms with van der Waals surface area (Å²) in [5, 5.41) is 0. The Labute approximate surface area is 187 Å². The van der Waals surface area contributed by atoms with Crippen molar-refractivity contribution in [3.05, 3.63) is 52.7 Å². The van der Waals surface area contributed by atoms with E-state index >= 15 is 0 Å². The summed E-state index contributed by atoms with van der Waals surface area (Å²) < 4.78 is 0. The maximum absolute atomic E-state index is 13.0. The van der Waals surface area contributed by atoms with Gasteiger partial charge in [-0.3, -0.25) is 9.78 Å². The van der Waals surface area contributed by atoms with Crippen molar-refractivity contribution >= 4 is 22.8 Å². The third-order valence-corrected chi connectivity index (χ3v) is 5.95. The van der Waals surface area contributed by atoms with E-state index in [0.717, 1.165) is 37.3 Å². The second-order valence-corrected chi connectivity index (χ2v) is 8.35. The van der Waals surface area contributed by atoms with Crippen molar-refractivity contribution in [2.45, 2.75) is 32.7 Å². The first-order valence-electron chi connectivity index (χ1n) is 10.7. The first-order valence-corrected chi connectivity index (χ1v) is 10.7. The summed E-state index contributed by atoms with van der Waals surface area (Å²) in [6.45, 7) is 5.29. The molecule has 0 radical (unpaired) electrons. The first-order chi connectivity index (χ1) is 15.3. The van der Waals surface area contributed by atoms with Gasteiger partial charge in [0.25, 0.3) is 5.91 Å². The third kappa shape index (κ3) is 4.39. The molecule has 1 amide bonds. The summed E-state index contributed by atoms with van der Waals surface area (Å²) in [4.78, 5) is 34.7. The minimum atomic E-state index is -0.0123. The predicted octanol–water partition coefficient (Wildman–Crippen LogP) is 2.18. The summed E-state index contributed by atoms with van der Waals surface area (Å²) in [7, 11) is 4.17. The quantitative estimate of drug-likeness (QED) is 0.623. The lowest BCUT2D eigenvalue weighted by molar-refractivity contribution is 0.0663. The molecule has 0 spiro atoms. The molecule has 4 heterocycles. The number of amides is 1. The van der Waals surface area contributed by atoms with Crippen molar-refractivity contribution < 1.29 is 4.79 Å². The van der Waals surface area contributed by atoms with Crippen LogP contribution in [-0.4, -0.2) is 68.9 Å². The molecule has 0 atom stereocenters. The highest BCUT2D eigenvalue weighted by Gasteiger charge is 2.24. The average molecular weight is 430 g/mol. The number of carbonyl (C=O) groups is 1. The van der Waals surface area contributed by atoms with Gasteiger partial charge in [-0.05, 0) is 46.9 Å². The number of likely N-dealkylation sites (tertiary alicyclic amines) is 1. The molecular weight excluding hydrogens is 402 g/mol. The van der Waals surface area contributed by atoms with Crippen molar-refractivity contribution in [3.63, 3.8) is 0 Å². The molecule has 3 aromatic rings. The van der Waals surface area contributed by atoms with Crippen molar-refractivity contribution in [2.75, 3.05) is 32.9 Å². The maximum Gasteiger partial charge on any atom is 0.255 e. The number of hydrogen-bond acceptors (Lipinski definition) is 7. The predicted molar refractivity (Wildman–Crippen MR) is 124 cm³/mol. The number of rotatable bonds is 2. The molecule has 1 saturated heterocycles. The van der Waals surface area contributed by atoms with Gasteiger partial charge in [0, 0.05) is 37.1 Å². The van der Waals surface area contributed by atoms with Gasteiger partial charge in [0.2, 0.25) is 0 Å². The molecule has 32 heavy (non-hydrogen) atoms. The van der Waals surface area contributed by atoms with Crippen molar-refractivity contribution in [2.24, 2.45) is 0 Å². The summed E-state index contributed by atoms with van der Waals surface area (Å²) in [6.07, 6.45) is 6.78. The van der Waals surface area contributed by atoms with E-state index in [1.165, 1.54) is 0 Å². The van der Waals surface area contributed by atoms with Crippen LogP contribution in [0.5, 0.6) is 0 Å². The molecule has 8 heteroatoms. The van der Waals surface area contributed by atoms with Gasteiger partial charge in [-0.1, -0.05) is 11.8 Å². The van der Waals surface area contributed by atoms with Gasteiger partial charge in [-0.25, -0.2) is 15.0 Å². The number of piperidine rings is 1. The largest absolute Gasteiger partial charge is 0.383 e. The number of nitrogen functional groups attached to an aromatic ring is 1. The Morgan fingerprint density at radius 1 is 1.09 bits per heavy atom. The number of pyridine rings is 2. The number of anilines is 1. The highest BCUT2D eigenvalue weighted by Crippen LogP contribution is 2.20. The lowest BCUT2D eigenvalue weighted by atomic mass is 10.0. The topological polar surface area (TPSA) is 101 Å². The van der Waals surface area contributed by atoms with Crippen LogP contribution in [0.15, 0.2) is 24.7 Å². The van der Waals surface area contributed by atoms with E-state index in [1.807, 2.05) is 18.7 Å². The van der Waals surface area contributed by atoms with Crippen LogP contribution < -0.4 is 5.73 Å². The Bertz CT molecular complexity index is 1230. The van der Waals surface area contributed by atoms with Crippen LogP contribution in [-0.2, 0) is 0 Å². The molecule has 1 aliphatic heterocycles. The molecule has 4 rings (SSSR count). The molecule has 0 bridgehead atoms. The molecule has 0 unspecified atom stereocenters. The molecule has 0 aromatic carbocycles. The molecule has 1 aliphatic rings. The second-order valence-electron chi connectivity index (χ2n) is 8.35. The van der Waals surface area contributed by atoms with Gasteiger partial charge in [-0.15, -0.1) is 0 Å². The van der Waals surface area contributed by atoms with Crippen LogP contribution in [0.3, 0.4) is 0 Å². The smallest absolute Gasteiger partial charge is 0.255 e. The van der Waals surface area contributed by atoms with Crippen molar-refractivity contribution in [1.29, 1.82) is 0 Å². The van der Waals surface area contributed by atoms with E-state index in [0.29, 0.717) is 39.6 Å². The second kappa shape index (κ2) is 8.89. The van der Waals surface area contributed by atoms with E-state index in [2.05, 4.69) is 50.8 Å². The fourth-order valence-corrected chi connectivity index (χ4v) is 3.86. The zero-order valence-electron chi connectivity index (χ0n) is 18.9. The van der Waals surface area contributed by atoms with E-state index in [9.17, 15) is 4.79 Å². The Morgan fingerprint density at radius 3 is 2.53 bits per heavy atom. The van der Waals surface area contributed by atoms with Crippen LogP contribution in [0.4, 0.5) is 5.82 Å². The third-order valence-electron chi connectivity index (χ3n) is 5.95. The van der Waals surface area contributed by atoms with Gasteiger partial charge in [0.1, 0.15) is 16.9 Å². The molecule has 0 saturated carbocycles. The molecule has 2 N–H and O–H groups in total. The SMILES string of the molecule is Cc1nc2cnc(N)c(C#Cc3cncc(C(=O)N4CCC(N(C)C)CC4)c3)c2nc1C. The molecule has 164 valence electrons. The standard InChI is InChI=1S/C24H27N7O/c1-15-16(2)29-22-20(23(25)27-14-21(22)28-15)6-5-17-11-18(13-26-12-17)24(32)31-9-7-19(8-10-31)30(3)4/h11-14,19H,7-10H2,1-4H3,(H2,25,27). The molecule has 8 nitrogen and oxygen atoms in total. The molecule has 3 aromatic heterocycles. The summed E-state index contributed by atoms with van der Waals surface area (Å²) in [5.74, 6) is 6.43. The summed E-state index contributed by atoms with van der Waals surface area (Å²) in [6, 6.07) is 2.29. The number of aryl methyl sites for hydroxylation is 2. The van der Waals surface area contributed by atoms with Gasteiger partial charge < -0.3 is 15.5 Å². The van der Waals surface area contributed by atoms with Gasteiger partial charge in [-0.2, -0.15) is 0 Å². The van der Waals surface area contributed by atoms with Crippen LogP contribution in [0, 0.1) is 25.7 Å². The Balaban J connectivity index is 1.59. The Kier molecular flexibility index (Phi) is 6.01. The normalized spacial score (nSPS) is 14.5. The van der Waals surface area contributed by atoms with Crippen molar-refractivity contribution in [1.82, 2.24) is 29.7 Å². The number of hydrogen-bond donors (Lipinski definition) is 1. The number of carbonyl (C=O) groups excluding carboxylic acids is 1. The van der Waals surface area contributed by atoms with Crippen LogP contribution in [0.2, 0.25) is 0 Å². The highest BCUT2D eigenvalue weighted by molar-refractivity contribution is 5.94. The lowest BCUT2D eigenvalue weighted by Crippen LogP contribution is -2.44. The van der Waals surface area contributed by atoms with Gasteiger partial charge in [0.05, 0.1) is 28.7 Å².